The molecule has 0 unspecified atom stereocenters. The van der Waals surface area contributed by atoms with Crippen LogP contribution in [-0.2, 0) is 0 Å². The number of aromatic nitrogens is 5. The second kappa shape index (κ2) is 11.7. The molecule has 4 aromatic heterocycles. The molecule has 0 radical (unpaired) electrons. The third-order valence-corrected chi connectivity index (χ3v) is 12.1. The highest BCUT2D eigenvalue weighted by Crippen LogP contribution is 2.47. The van der Waals surface area contributed by atoms with Gasteiger partial charge in [-0.1, -0.05) is 140 Å². The summed E-state index contributed by atoms with van der Waals surface area (Å²) in [4.78, 5) is 15.5. The topological polar surface area (TPSA) is 48.5 Å². The van der Waals surface area contributed by atoms with Crippen molar-refractivity contribution in [2.24, 2.45) is 0 Å². The number of fused-ring (bicyclic) bond motifs is 13. The third-order valence-electron chi connectivity index (χ3n) is 11.0. The number of benzene rings is 8. The highest BCUT2D eigenvalue weighted by atomic mass is 32.1. The Morgan fingerprint density at radius 3 is 1.67 bits per heavy atom. The van der Waals surface area contributed by atoms with E-state index in [1.807, 2.05) is 47.7 Å². The lowest BCUT2D eigenvalue weighted by molar-refractivity contribution is 0.955. The predicted molar refractivity (Wildman–Crippen MR) is 230 cm³/mol. The van der Waals surface area contributed by atoms with Gasteiger partial charge in [0, 0.05) is 59.2 Å². The summed E-state index contributed by atoms with van der Waals surface area (Å²) in [6, 6.07) is 62.3. The Bertz CT molecular complexity index is 3410. The second-order valence-corrected chi connectivity index (χ2v) is 15.0. The molecule has 0 bridgehead atoms. The molecule has 256 valence electrons. The van der Waals surface area contributed by atoms with E-state index in [1.54, 1.807) is 0 Å². The molecule has 0 saturated carbocycles. The summed E-state index contributed by atoms with van der Waals surface area (Å²) in [6.45, 7) is 0. The largest absolute Gasteiger partial charge is 0.309 e. The standard InChI is InChI=1S/C49H29N5S/c1-4-14-31(15-5-1)47-50-48(32-16-6-2-7-17-32)52-49(51-47)54-38-22-12-10-20-34(38)35-26-27-37-44-41(55-46(37)45(35)54)29-25-30-24-28-40-43(42(30)44)36-21-11-13-23-39(36)53(40)33-18-8-3-9-19-33/h1-29H. The second-order valence-electron chi connectivity index (χ2n) is 14.0. The number of para-hydroxylation sites is 3. The van der Waals surface area contributed by atoms with Crippen molar-refractivity contribution >= 4 is 85.9 Å². The van der Waals surface area contributed by atoms with Crippen LogP contribution >= 0.6 is 11.3 Å². The number of thiophene rings is 1. The van der Waals surface area contributed by atoms with Gasteiger partial charge in [0.15, 0.2) is 11.6 Å². The van der Waals surface area contributed by atoms with E-state index < -0.39 is 0 Å². The van der Waals surface area contributed by atoms with Crippen molar-refractivity contribution < 1.29 is 0 Å². The van der Waals surface area contributed by atoms with Gasteiger partial charge in [-0.3, -0.25) is 4.57 Å². The zero-order chi connectivity index (χ0) is 36.0. The summed E-state index contributed by atoms with van der Waals surface area (Å²) in [5.41, 5.74) is 7.62. The zero-order valence-corrected chi connectivity index (χ0v) is 30.2. The normalized spacial score (nSPS) is 12.0. The van der Waals surface area contributed by atoms with Crippen LogP contribution in [0.2, 0.25) is 0 Å². The van der Waals surface area contributed by atoms with Crippen molar-refractivity contribution in [3.8, 4) is 34.4 Å². The first-order chi connectivity index (χ1) is 27.3. The van der Waals surface area contributed by atoms with Gasteiger partial charge in [-0.25, -0.2) is 4.98 Å². The van der Waals surface area contributed by atoms with E-state index in [9.17, 15) is 0 Å². The maximum Gasteiger partial charge on any atom is 0.238 e. The molecule has 0 atom stereocenters. The summed E-state index contributed by atoms with van der Waals surface area (Å²) in [7, 11) is 0. The maximum absolute atomic E-state index is 5.23. The lowest BCUT2D eigenvalue weighted by Crippen LogP contribution is -2.06. The predicted octanol–water partition coefficient (Wildman–Crippen LogP) is 12.9. The van der Waals surface area contributed by atoms with Crippen molar-refractivity contribution in [1.29, 1.82) is 0 Å². The van der Waals surface area contributed by atoms with Crippen LogP contribution in [0.1, 0.15) is 0 Å². The maximum atomic E-state index is 5.23. The minimum atomic E-state index is 0.599. The Balaban J connectivity index is 1.22. The van der Waals surface area contributed by atoms with Gasteiger partial charge >= 0.3 is 0 Å². The van der Waals surface area contributed by atoms with Gasteiger partial charge in [0.1, 0.15) is 0 Å². The van der Waals surface area contributed by atoms with Crippen LogP contribution in [0, 0.1) is 0 Å². The van der Waals surface area contributed by atoms with Crippen LogP contribution < -0.4 is 0 Å². The molecular formula is C49H29N5S. The molecule has 12 aromatic rings. The highest BCUT2D eigenvalue weighted by molar-refractivity contribution is 7.27. The molecule has 6 heteroatoms. The van der Waals surface area contributed by atoms with Gasteiger partial charge in [-0.05, 0) is 41.8 Å². The van der Waals surface area contributed by atoms with Crippen LogP contribution in [-0.4, -0.2) is 24.1 Å². The molecule has 0 amide bonds. The van der Waals surface area contributed by atoms with Gasteiger partial charge < -0.3 is 4.57 Å². The smallest absolute Gasteiger partial charge is 0.238 e. The van der Waals surface area contributed by atoms with E-state index in [0.29, 0.717) is 17.6 Å². The minimum Gasteiger partial charge on any atom is -0.309 e. The number of nitrogens with zero attached hydrogens (tertiary/aromatic N) is 5. The monoisotopic (exact) mass is 719 g/mol. The molecular weight excluding hydrogens is 691 g/mol. The fourth-order valence-corrected chi connectivity index (χ4v) is 9.86. The summed E-state index contributed by atoms with van der Waals surface area (Å²) < 4.78 is 7.13. The van der Waals surface area contributed by atoms with E-state index >= 15 is 0 Å². The molecule has 0 spiro atoms. The van der Waals surface area contributed by atoms with Gasteiger partial charge in [0.25, 0.3) is 0 Å². The van der Waals surface area contributed by atoms with Gasteiger partial charge in [0.2, 0.25) is 5.95 Å². The molecule has 12 rings (SSSR count). The lowest BCUT2D eigenvalue weighted by Gasteiger charge is -2.11. The molecule has 5 nitrogen and oxygen atoms in total. The SMILES string of the molecule is c1ccc(-c2nc(-c3ccccc3)nc(-n3c4ccccc4c4ccc5c(sc6ccc7ccc8c(c9ccccc9n8-c8ccccc8)c7c65)c43)n2)cc1. The van der Waals surface area contributed by atoms with Crippen molar-refractivity contribution in [2.45, 2.75) is 0 Å². The fraction of sp³-hybridized carbons (Fsp3) is 0. The molecule has 4 heterocycles. The number of hydrogen-bond acceptors (Lipinski definition) is 4. The fourth-order valence-electron chi connectivity index (χ4n) is 8.61. The Labute approximate surface area is 319 Å². The average molecular weight is 720 g/mol. The third kappa shape index (κ3) is 4.43. The highest BCUT2D eigenvalue weighted by Gasteiger charge is 2.23. The molecule has 0 saturated heterocycles. The van der Waals surface area contributed by atoms with Crippen LogP contribution in [0.25, 0.3) is 109 Å². The van der Waals surface area contributed by atoms with Crippen molar-refractivity contribution in [1.82, 2.24) is 24.1 Å². The van der Waals surface area contributed by atoms with E-state index in [0.717, 1.165) is 33.2 Å². The first-order valence-corrected chi connectivity index (χ1v) is 19.3. The number of hydrogen-bond donors (Lipinski definition) is 0. The van der Waals surface area contributed by atoms with Crippen molar-refractivity contribution in [3.63, 3.8) is 0 Å². The summed E-state index contributed by atoms with van der Waals surface area (Å²) in [5, 5.41) is 9.89. The summed E-state index contributed by atoms with van der Waals surface area (Å²) in [6.07, 6.45) is 0. The Kier molecular flexibility index (Phi) is 6.44. The van der Waals surface area contributed by atoms with Crippen LogP contribution in [0.4, 0.5) is 0 Å². The first kappa shape index (κ1) is 30.3. The Morgan fingerprint density at radius 2 is 0.964 bits per heavy atom. The van der Waals surface area contributed by atoms with Gasteiger partial charge in [-0.15, -0.1) is 11.3 Å². The van der Waals surface area contributed by atoms with E-state index in [-0.39, 0.29) is 0 Å². The van der Waals surface area contributed by atoms with E-state index in [4.69, 9.17) is 15.0 Å². The zero-order valence-electron chi connectivity index (χ0n) is 29.4. The summed E-state index contributed by atoms with van der Waals surface area (Å²) in [5.74, 6) is 1.88. The molecule has 0 fully saturated rings. The first-order valence-electron chi connectivity index (χ1n) is 18.5. The van der Waals surface area contributed by atoms with E-state index in [2.05, 4.69) is 149 Å². The Hall–Kier alpha value is -7.15. The van der Waals surface area contributed by atoms with E-state index in [1.165, 1.54) is 58.1 Å². The van der Waals surface area contributed by atoms with Gasteiger partial charge in [-0.2, -0.15) is 9.97 Å². The molecule has 0 aliphatic rings. The number of rotatable bonds is 4. The van der Waals surface area contributed by atoms with Crippen molar-refractivity contribution in [2.75, 3.05) is 0 Å². The average Bonchev–Trinajstić information content (AvgIpc) is 3.92. The van der Waals surface area contributed by atoms with Crippen molar-refractivity contribution in [3.05, 3.63) is 176 Å². The van der Waals surface area contributed by atoms with Crippen LogP contribution in [0.15, 0.2) is 176 Å². The molecule has 8 aromatic carbocycles. The van der Waals surface area contributed by atoms with Crippen LogP contribution in [0.3, 0.4) is 0 Å². The van der Waals surface area contributed by atoms with Crippen LogP contribution in [0.5, 0.6) is 0 Å². The molecule has 0 aliphatic carbocycles. The quantitative estimate of drug-likeness (QED) is 0.182. The van der Waals surface area contributed by atoms with Gasteiger partial charge in [0.05, 0.1) is 26.8 Å². The minimum absolute atomic E-state index is 0.599. The Morgan fingerprint density at radius 1 is 0.382 bits per heavy atom. The molecule has 0 aliphatic heterocycles. The molecule has 55 heavy (non-hydrogen) atoms. The molecule has 0 N–H and O–H groups in total. The summed E-state index contributed by atoms with van der Waals surface area (Å²) >= 11 is 1.85. The lowest BCUT2D eigenvalue weighted by atomic mass is 9.98.